The van der Waals surface area contributed by atoms with Crippen molar-refractivity contribution in [2.45, 2.75) is 23.7 Å². The second-order valence-corrected chi connectivity index (χ2v) is 9.68. The first-order valence-electron chi connectivity index (χ1n) is 9.78. The number of nitrogens with zero attached hydrogens (tertiary/aromatic N) is 1. The van der Waals surface area contributed by atoms with Crippen LogP contribution in [0.4, 0.5) is 0 Å². The van der Waals surface area contributed by atoms with Crippen molar-refractivity contribution in [1.82, 2.24) is 9.88 Å². The number of hydrogen-bond acceptors (Lipinski definition) is 3. The standard InChI is InChI=1S/C24H21ClN2O3S/c25-20-10-6-9-19(13-20)17-31(29,30)23-15-27(22-12-5-4-11-21(22)23)16-24(28)26-14-18-7-2-1-3-8-18/h1-13,15H,14,16-17H2,(H,26,28). The highest BCUT2D eigenvalue weighted by molar-refractivity contribution is 7.90. The summed E-state index contributed by atoms with van der Waals surface area (Å²) in [5.41, 5.74) is 2.31. The quantitative estimate of drug-likeness (QED) is 0.446. The summed E-state index contributed by atoms with van der Waals surface area (Å²) in [6.07, 6.45) is 1.55. The molecule has 0 radical (unpaired) electrons. The Labute approximate surface area is 186 Å². The van der Waals surface area contributed by atoms with Crippen LogP contribution in [-0.2, 0) is 33.5 Å². The summed E-state index contributed by atoms with van der Waals surface area (Å²) in [6.45, 7) is 0.443. The lowest BCUT2D eigenvalue weighted by molar-refractivity contribution is -0.121. The number of rotatable bonds is 7. The molecule has 1 N–H and O–H groups in total. The zero-order valence-electron chi connectivity index (χ0n) is 16.7. The zero-order chi connectivity index (χ0) is 21.8. The first-order valence-corrected chi connectivity index (χ1v) is 11.8. The molecule has 0 saturated heterocycles. The number of aromatic nitrogens is 1. The molecule has 0 spiro atoms. The van der Waals surface area contributed by atoms with Gasteiger partial charge in [0, 0.05) is 28.7 Å². The lowest BCUT2D eigenvalue weighted by atomic mass is 10.2. The van der Waals surface area contributed by atoms with Crippen molar-refractivity contribution in [2.24, 2.45) is 0 Å². The molecule has 4 rings (SSSR count). The van der Waals surface area contributed by atoms with Crippen LogP contribution in [0.15, 0.2) is 90.0 Å². The van der Waals surface area contributed by atoms with Gasteiger partial charge in [-0.2, -0.15) is 0 Å². The van der Waals surface area contributed by atoms with Gasteiger partial charge in [-0.05, 0) is 29.3 Å². The van der Waals surface area contributed by atoms with Gasteiger partial charge < -0.3 is 9.88 Å². The van der Waals surface area contributed by atoms with Crippen LogP contribution >= 0.6 is 11.6 Å². The van der Waals surface area contributed by atoms with Crippen LogP contribution in [0.2, 0.25) is 5.02 Å². The molecule has 1 aromatic heterocycles. The third-order valence-corrected chi connectivity index (χ3v) is 6.92. The van der Waals surface area contributed by atoms with Gasteiger partial charge in [-0.3, -0.25) is 4.79 Å². The number of fused-ring (bicyclic) bond motifs is 1. The van der Waals surface area contributed by atoms with E-state index in [-0.39, 0.29) is 23.1 Å². The molecular formula is C24H21ClN2O3S. The summed E-state index contributed by atoms with van der Waals surface area (Å²) < 4.78 is 28.0. The molecule has 0 aliphatic rings. The van der Waals surface area contributed by atoms with Crippen molar-refractivity contribution in [3.8, 4) is 0 Å². The Hall–Kier alpha value is -3.09. The van der Waals surface area contributed by atoms with Crippen LogP contribution in [0.1, 0.15) is 11.1 Å². The predicted molar refractivity (Wildman–Crippen MR) is 123 cm³/mol. The molecule has 0 saturated carbocycles. The maximum Gasteiger partial charge on any atom is 0.240 e. The van der Waals surface area contributed by atoms with Crippen LogP contribution in [0.5, 0.6) is 0 Å². The molecule has 158 valence electrons. The fraction of sp³-hybridized carbons (Fsp3) is 0.125. The smallest absolute Gasteiger partial charge is 0.240 e. The van der Waals surface area contributed by atoms with E-state index in [2.05, 4.69) is 5.32 Å². The van der Waals surface area contributed by atoms with E-state index in [9.17, 15) is 13.2 Å². The van der Waals surface area contributed by atoms with E-state index < -0.39 is 9.84 Å². The van der Waals surface area contributed by atoms with Crippen molar-refractivity contribution in [3.05, 3.63) is 101 Å². The van der Waals surface area contributed by atoms with E-state index in [1.54, 1.807) is 47.2 Å². The molecule has 1 amide bonds. The van der Waals surface area contributed by atoms with Crippen LogP contribution < -0.4 is 5.32 Å². The molecule has 3 aromatic carbocycles. The Bertz CT molecular complexity index is 1330. The summed E-state index contributed by atoms with van der Waals surface area (Å²) in [7, 11) is -3.64. The summed E-state index contributed by atoms with van der Waals surface area (Å²) in [6, 6.07) is 23.6. The molecule has 0 aliphatic heterocycles. The van der Waals surface area contributed by atoms with Gasteiger partial charge in [0.05, 0.1) is 10.6 Å². The van der Waals surface area contributed by atoms with Crippen molar-refractivity contribution in [1.29, 1.82) is 0 Å². The number of hydrogen-bond donors (Lipinski definition) is 1. The molecule has 0 fully saturated rings. The van der Waals surface area contributed by atoms with E-state index in [1.807, 2.05) is 42.5 Å². The molecule has 7 heteroatoms. The molecule has 1 heterocycles. The summed E-state index contributed by atoms with van der Waals surface area (Å²) in [4.78, 5) is 12.7. The third-order valence-electron chi connectivity index (χ3n) is 4.98. The van der Waals surface area contributed by atoms with Crippen LogP contribution in [0.3, 0.4) is 0 Å². The Morgan fingerprint density at radius 1 is 0.903 bits per heavy atom. The second-order valence-electron chi connectivity index (χ2n) is 7.29. The van der Waals surface area contributed by atoms with E-state index in [1.165, 1.54) is 0 Å². The fourth-order valence-corrected chi connectivity index (χ4v) is 5.31. The van der Waals surface area contributed by atoms with E-state index >= 15 is 0 Å². The van der Waals surface area contributed by atoms with Crippen LogP contribution in [0.25, 0.3) is 10.9 Å². The predicted octanol–water partition coefficient (Wildman–Crippen LogP) is 4.59. The van der Waals surface area contributed by atoms with Crippen LogP contribution in [0, 0.1) is 0 Å². The summed E-state index contributed by atoms with van der Waals surface area (Å²) in [5, 5.41) is 3.97. The first kappa shape index (κ1) is 21.2. The minimum Gasteiger partial charge on any atom is -0.350 e. The van der Waals surface area contributed by atoms with Gasteiger partial charge in [0.25, 0.3) is 0 Å². The Kier molecular flexibility index (Phi) is 6.11. The number of sulfone groups is 1. The molecule has 0 aliphatic carbocycles. The number of amides is 1. The monoisotopic (exact) mass is 452 g/mol. The maximum atomic E-state index is 13.2. The number of carbonyl (C=O) groups is 1. The van der Waals surface area contributed by atoms with Gasteiger partial charge in [0.1, 0.15) is 6.54 Å². The van der Waals surface area contributed by atoms with Crippen molar-refractivity contribution in [2.75, 3.05) is 0 Å². The zero-order valence-corrected chi connectivity index (χ0v) is 18.2. The maximum absolute atomic E-state index is 13.2. The van der Waals surface area contributed by atoms with Crippen molar-refractivity contribution in [3.63, 3.8) is 0 Å². The Morgan fingerprint density at radius 3 is 2.39 bits per heavy atom. The molecular weight excluding hydrogens is 432 g/mol. The minimum atomic E-state index is -3.64. The average Bonchev–Trinajstić information content (AvgIpc) is 3.12. The van der Waals surface area contributed by atoms with Crippen LogP contribution in [-0.4, -0.2) is 18.9 Å². The highest BCUT2D eigenvalue weighted by Crippen LogP contribution is 2.28. The van der Waals surface area contributed by atoms with Gasteiger partial charge in [0.2, 0.25) is 5.91 Å². The Balaban J connectivity index is 1.59. The molecule has 5 nitrogen and oxygen atoms in total. The Morgan fingerprint density at radius 2 is 1.61 bits per heavy atom. The van der Waals surface area contributed by atoms with Gasteiger partial charge in [-0.15, -0.1) is 0 Å². The first-order chi connectivity index (χ1) is 14.9. The van der Waals surface area contributed by atoms with Crippen molar-refractivity contribution < 1.29 is 13.2 Å². The van der Waals surface area contributed by atoms with Gasteiger partial charge >= 0.3 is 0 Å². The molecule has 0 bridgehead atoms. The molecule has 4 aromatic rings. The summed E-state index contributed by atoms with van der Waals surface area (Å²) >= 11 is 6.01. The second kappa shape index (κ2) is 8.96. The summed E-state index contributed by atoms with van der Waals surface area (Å²) in [5.74, 6) is -0.356. The highest BCUT2D eigenvalue weighted by Gasteiger charge is 2.22. The minimum absolute atomic E-state index is 0.0278. The third kappa shape index (κ3) is 4.98. The number of benzene rings is 3. The topological polar surface area (TPSA) is 68.2 Å². The molecule has 0 atom stereocenters. The fourth-order valence-electron chi connectivity index (χ4n) is 3.52. The lowest BCUT2D eigenvalue weighted by Crippen LogP contribution is -2.26. The number of para-hydroxylation sites is 1. The van der Waals surface area contributed by atoms with Crippen molar-refractivity contribution >= 4 is 38.2 Å². The lowest BCUT2D eigenvalue weighted by Gasteiger charge is -2.07. The van der Waals surface area contributed by atoms with Gasteiger partial charge in [-0.1, -0.05) is 72.3 Å². The van der Waals surface area contributed by atoms with Gasteiger partial charge in [0.15, 0.2) is 9.84 Å². The highest BCUT2D eigenvalue weighted by atomic mass is 35.5. The van der Waals surface area contributed by atoms with E-state index in [0.717, 1.165) is 5.56 Å². The van der Waals surface area contributed by atoms with E-state index in [0.29, 0.717) is 28.0 Å². The largest absolute Gasteiger partial charge is 0.350 e. The normalized spacial score (nSPS) is 11.5. The van der Waals surface area contributed by atoms with E-state index in [4.69, 9.17) is 11.6 Å². The number of halogens is 1. The molecule has 31 heavy (non-hydrogen) atoms. The van der Waals surface area contributed by atoms with Gasteiger partial charge in [-0.25, -0.2) is 8.42 Å². The number of carbonyl (C=O) groups excluding carboxylic acids is 1. The average molecular weight is 453 g/mol. The molecule has 0 unspecified atom stereocenters. The SMILES string of the molecule is O=C(Cn1cc(S(=O)(=O)Cc2cccc(Cl)c2)c2ccccc21)NCc1ccccc1. The number of nitrogens with one attached hydrogen (secondary N) is 1.